The highest BCUT2D eigenvalue weighted by Gasteiger charge is 2.17. The van der Waals surface area contributed by atoms with Crippen LogP contribution in [0.3, 0.4) is 0 Å². The zero-order chi connectivity index (χ0) is 15.4. The Morgan fingerprint density at radius 1 is 1.05 bits per heavy atom. The van der Waals surface area contributed by atoms with Crippen LogP contribution in [0.1, 0.15) is 15.9 Å². The van der Waals surface area contributed by atoms with E-state index in [9.17, 15) is 9.59 Å². The summed E-state index contributed by atoms with van der Waals surface area (Å²) in [5, 5.41) is 3.29. The molecule has 1 amide bonds. The van der Waals surface area contributed by atoms with Crippen molar-refractivity contribution in [2.24, 2.45) is 5.73 Å². The molecule has 0 saturated carbocycles. The van der Waals surface area contributed by atoms with Gasteiger partial charge in [-0.25, -0.2) is 0 Å². The highest BCUT2D eigenvalue weighted by atomic mass is 35.5. The van der Waals surface area contributed by atoms with Crippen molar-refractivity contribution in [1.82, 2.24) is 0 Å². The normalized spacial score (nSPS) is 9.77. The summed E-state index contributed by atoms with van der Waals surface area (Å²) in [4.78, 5) is 24.0. The molecule has 0 unspecified atom stereocenters. The lowest BCUT2D eigenvalue weighted by Crippen LogP contribution is -2.23. The average Bonchev–Trinajstić information content (AvgIpc) is 2.48. The Morgan fingerprint density at radius 3 is 2.36 bits per heavy atom. The van der Waals surface area contributed by atoms with Gasteiger partial charge in [-0.2, -0.15) is 0 Å². The van der Waals surface area contributed by atoms with Gasteiger partial charge >= 0.3 is 0 Å². The van der Waals surface area contributed by atoms with Crippen LogP contribution in [0.2, 0.25) is 10.0 Å². The fourth-order valence-corrected chi connectivity index (χ4v) is 2.20. The molecule has 0 bridgehead atoms. The third-order valence-electron chi connectivity index (χ3n) is 2.80. The number of nitrogens with two attached hydrogens (primary N) is 1. The minimum atomic E-state index is -0.398. The predicted molar refractivity (Wildman–Crippen MR) is 91.3 cm³/mol. The first-order valence-corrected chi connectivity index (χ1v) is 6.87. The summed E-state index contributed by atoms with van der Waals surface area (Å²) in [7, 11) is 0. The topological polar surface area (TPSA) is 72.2 Å². The SMILES string of the molecule is Cl.NCC(=O)Nc1ccc(Cl)cc1C(=O)c1ccccc1Cl. The number of halogens is 3. The van der Waals surface area contributed by atoms with Gasteiger partial charge < -0.3 is 11.1 Å². The predicted octanol–water partition coefficient (Wildman–Crippen LogP) is 3.54. The van der Waals surface area contributed by atoms with Crippen LogP contribution >= 0.6 is 35.6 Å². The highest BCUT2D eigenvalue weighted by molar-refractivity contribution is 6.36. The van der Waals surface area contributed by atoms with Gasteiger partial charge in [0.05, 0.1) is 17.3 Å². The Labute approximate surface area is 144 Å². The summed E-state index contributed by atoms with van der Waals surface area (Å²) in [6.45, 7) is -0.178. The molecule has 0 heterocycles. The summed E-state index contributed by atoms with van der Waals surface area (Å²) >= 11 is 12.0. The van der Waals surface area contributed by atoms with E-state index >= 15 is 0 Å². The first-order valence-electron chi connectivity index (χ1n) is 6.11. The van der Waals surface area contributed by atoms with E-state index < -0.39 is 5.91 Å². The second kappa shape index (κ2) is 8.15. The molecular formula is C15H13Cl3N2O2. The molecule has 0 aromatic heterocycles. The van der Waals surface area contributed by atoms with Gasteiger partial charge in [-0.05, 0) is 30.3 Å². The Balaban J connectivity index is 0.00000242. The van der Waals surface area contributed by atoms with Gasteiger partial charge in [0.2, 0.25) is 5.91 Å². The summed E-state index contributed by atoms with van der Waals surface area (Å²) in [5.74, 6) is -0.721. The van der Waals surface area contributed by atoms with Crippen molar-refractivity contribution in [2.75, 3.05) is 11.9 Å². The van der Waals surface area contributed by atoms with Crippen LogP contribution in [-0.4, -0.2) is 18.2 Å². The molecule has 0 aliphatic rings. The molecule has 7 heteroatoms. The molecule has 0 fully saturated rings. The molecule has 0 saturated heterocycles. The van der Waals surface area contributed by atoms with Crippen molar-refractivity contribution >= 4 is 53.0 Å². The van der Waals surface area contributed by atoms with Crippen LogP contribution in [0.4, 0.5) is 5.69 Å². The van der Waals surface area contributed by atoms with Gasteiger partial charge in [-0.3, -0.25) is 9.59 Å². The molecule has 22 heavy (non-hydrogen) atoms. The minimum absolute atomic E-state index is 0. The maximum absolute atomic E-state index is 12.6. The number of hydrogen-bond donors (Lipinski definition) is 2. The van der Waals surface area contributed by atoms with Gasteiger partial charge in [0, 0.05) is 16.1 Å². The highest BCUT2D eigenvalue weighted by Crippen LogP contribution is 2.26. The number of carbonyl (C=O) groups is 2. The second-order valence-electron chi connectivity index (χ2n) is 4.25. The number of anilines is 1. The van der Waals surface area contributed by atoms with Crippen molar-refractivity contribution in [2.45, 2.75) is 0 Å². The Bertz CT molecular complexity index is 705. The van der Waals surface area contributed by atoms with Crippen LogP contribution in [0.5, 0.6) is 0 Å². The van der Waals surface area contributed by atoms with Gasteiger partial charge in [0.25, 0.3) is 0 Å². The van der Waals surface area contributed by atoms with Crippen molar-refractivity contribution in [3.8, 4) is 0 Å². The van der Waals surface area contributed by atoms with E-state index in [1.807, 2.05) is 0 Å². The molecule has 4 nitrogen and oxygen atoms in total. The Kier molecular flexibility index (Phi) is 6.84. The van der Waals surface area contributed by atoms with E-state index in [1.165, 1.54) is 6.07 Å². The molecule has 116 valence electrons. The standard InChI is InChI=1S/C15H12Cl2N2O2.ClH/c16-9-5-6-13(19-14(20)8-18)11(7-9)15(21)10-3-1-2-4-12(10)17;/h1-7H,8,18H2,(H,19,20);1H. The third kappa shape index (κ3) is 4.21. The van der Waals surface area contributed by atoms with E-state index in [-0.39, 0.29) is 30.3 Å². The van der Waals surface area contributed by atoms with Crippen LogP contribution in [0.25, 0.3) is 0 Å². The fraction of sp³-hybridized carbons (Fsp3) is 0.0667. The summed E-state index contributed by atoms with van der Waals surface area (Å²) < 4.78 is 0. The molecule has 0 spiro atoms. The molecular weight excluding hydrogens is 347 g/mol. The van der Waals surface area contributed by atoms with E-state index in [2.05, 4.69) is 5.32 Å². The minimum Gasteiger partial charge on any atom is -0.324 e. The molecule has 2 aromatic rings. The average molecular weight is 360 g/mol. The van der Waals surface area contributed by atoms with Gasteiger partial charge in [0.1, 0.15) is 0 Å². The number of benzene rings is 2. The van der Waals surface area contributed by atoms with Crippen LogP contribution in [-0.2, 0) is 4.79 Å². The number of nitrogens with one attached hydrogen (secondary N) is 1. The summed E-state index contributed by atoms with van der Waals surface area (Å²) in [6.07, 6.45) is 0. The van der Waals surface area contributed by atoms with Gasteiger partial charge in [-0.15, -0.1) is 12.4 Å². The number of rotatable bonds is 4. The third-order valence-corrected chi connectivity index (χ3v) is 3.37. The van der Waals surface area contributed by atoms with Crippen LogP contribution in [0, 0.1) is 0 Å². The zero-order valence-electron chi connectivity index (χ0n) is 11.3. The lowest BCUT2D eigenvalue weighted by Gasteiger charge is -2.11. The molecule has 0 radical (unpaired) electrons. The maximum Gasteiger partial charge on any atom is 0.238 e. The van der Waals surface area contributed by atoms with Crippen LogP contribution in [0.15, 0.2) is 42.5 Å². The van der Waals surface area contributed by atoms with E-state index in [4.69, 9.17) is 28.9 Å². The molecule has 0 atom stereocenters. The number of amides is 1. The van der Waals surface area contributed by atoms with Gasteiger partial charge in [0.15, 0.2) is 5.78 Å². The molecule has 0 aliphatic heterocycles. The smallest absolute Gasteiger partial charge is 0.238 e. The first-order chi connectivity index (χ1) is 10.0. The van der Waals surface area contributed by atoms with E-state index in [1.54, 1.807) is 36.4 Å². The second-order valence-corrected chi connectivity index (χ2v) is 5.09. The molecule has 2 rings (SSSR count). The number of carbonyl (C=O) groups excluding carboxylic acids is 2. The van der Waals surface area contributed by atoms with E-state index in [0.29, 0.717) is 21.3 Å². The fourth-order valence-electron chi connectivity index (χ4n) is 1.81. The maximum atomic E-state index is 12.6. The van der Waals surface area contributed by atoms with Crippen molar-refractivity contribution in [3.05, 3.63) is 63.6 Å². The Hall–Kier alpha value is -1.59. The lowest BCUT2D eigenvalue weighted by molar-refractivity contribution is -0.114. The first kappa shape index (κ1) is 18.5. The largest absolute Gasteiger partial charge is 0.324 e. The Morgan fingerprint density at radius 2 is 1.73 bits per heavy atom. The van der Waals surface area contributed by atoms with Gasteiger partial charge in [-0.1, -0.05) is 35.3 Å². The number of ketones is 1. The zero-order valence-corrected chi connectivity index (χ0v) is 13.6. The lowest BCUT2D eigenvalue weighted by atomic mass is 10.0. The van der Waals surface area contributed by atoms with Crippen molar-refractivity contribution < 1.29 is 9.59 Å². The molecule has 2 aromatic carbocycles. The molecule has 3 N–H and O–H groups in total. The quantitative estimate of drug-likeness (QED) is 0.820. The van der Waals surface area contributed by atoms with E-state index in [0.717, 1.165) is 0 Å². The molecule has 0 aliphatic carbocycles. The summed E-state index contributed by atoms with van der Waals surface area (Å²) in [5.41, 5.74) is 6.21. The monoisotopic (exact) mass is 358 g/mol. The van der Waals surface area contributed by atoms with Crippen molar-refractivity contribution in [1.29, 1.82) is 0 Å². The van der Waals surface area contributed by atoms with Crippen molar-refractivity contribution in [3.63, 3.8) is 0 Å². The van der Waals surface area contributed by atoms with Crippen LogP contribution < -0.4 is 11.1 Å². The number of hydrogen-bond acceptors (Lipinski definition) is 3. The summed E-state index contributed by atoms with van der Waals surface area (Å²) in [6, 6.07) is 11.3.